The van der Waals surface area contributed by atoms with Crippen LogP contribution >= 0.6 is 0 Å². The maximum absolute atomic E-state index is 11.3. The first-order chi connectivity index (χ1) is 6.74. The average Bonchev–Trinajstić information content (AvgIpc) is 2.26. The zero-order chi connectivity index (χ0) is 10.4. The molecule has 0 bridgehead atoms. The Kier molecular flexibility index (Phi) is 4.07. The van der Waals surface area contributed by atoms with Crippen LogP contribution in [0.1, 0.15) is 18.9 Å². The molecule has 1 amide bonds. The van der Waals surface area contributed by atoms with Gasteiger partial charge < -0.3 is 11.1 Å². The number of rotatable bonds is 4. The first-order valence-electron chi connectivity index (χ1n) is 4.66. The van der Waals surface area contributed by atoms with Crippen molar-refractivity contribution < 1.29 is 4.79 Å². The summed E-state index contributed by atoms with van der Waals surface area (Å²) < 4.78 is 0. The number of carbonyl (C=O) groups excluding carboxylic acids is 1. The summed E-state index contributed by atoms with van der Waals surface area (Å²) in [7, 11) is 0. The molecule has 0 aliphatic carbocycles. The number of hydrogen-bond acceptors (Lipinski definition) is 3. The standard InChI is InChI=1S/C10H15N3O/c1-2-9(11)10(14)13-7-8-3-5-12-6-4-8/h3-6,9H,2,7,11H2,1H3,(H,13,14)/t9-/m1/s1. The fourth-order valence-corrected chi connectivity index (χ4v) is 1.01. The lowest BCUT2D eigenvalue weighted by molar-refractivity contribution is -0.122. The second kappa shape index (κ2) is 5.34. The van der Waals surface area contributed by atoms with E-state index in [1.165, 1.54) is 0 Å². The molecule has 1 rings (SSSR count). The molecule has 1 atom stereocenters. The zero-order valence-electron chi connectivity index (χ0n) is 8.23. The minimum Gasteiger partial charge on any atom is -0.351 e. The molecule has 3 N–H and O–H groups in total. The Hall–Kier alpha value is -1.42. The molecule has 0 unspecified atom stereocenters. The molecule has 76 valence electrons. The molecule has 0 saturated heterocycles. The summed E-state index contributed by atoms with van der Waals surface area (Å²) in [5.74, 6) is -0.107. The van der Waals surface area contributed by atoms with Crippen molar-refractivity contribution in [2.75, 3.05) is 0 Å². The van der Waals surface area contributed by atoms with Crippen LogP contribution in [0, 0.1) is 0 Å². The highest BCUT2D eigenvalue weighted by Crippen LogP contribution is 1.95. The highest BCUT2D eigenvalue weighted by Gasteiger charge is 2.09. The van der Waals surface area contributed by atoms with E-state index in [-0.39, 0.29) is 5.91 Å². The van der Waals surface area contributed by atoms with Crippen LogP contribution in [0.5, 0.6) is 0 Å². The minimum absolute atomic E-state index is 0.107. The smallest absolute Gasteiger partial charge is 0.237 e. The van der Waals surface area contributed by atoms with Crippen molar-refractivity contribution in [3.63, 3.8) is 0 Å². The predicted molar refractivity (Wildman–Crippen MR) is 54.4 cm³/mol. The van der Waals surface area contributed by atoms with E-state index in [0.29, 0.717) is 13.0 Å². The molecule has 0 aliphatic rings. The van der Waals surface area contributed by atoms with Crippen molar-refractivity contribution in [3.8, 4) is 0 Å². The van der Waals surface area contributed by atoms with E-state index >= 15 is 0 Å². The molecular weight excluding hydrogens is 178 g/mol. The van der Waals surface area contributed by atoms with Gasteiger partial charge in [0.05, 0.1) is 6.04 Å². The summed E-state index contributed by atoms with van der Waals surface area (Å²) in [6.45, 7) is 2.39. The van der Waals surface area contributed by atoms with Gasteiger partial charge in [-0.15, -0.1) is 0 Å². The predicted octanol–water partition coefficient (Wildman–Crippen LogP) is 0.435. The van der Waals surface area contributed by atoms with E-state index in [9.17, 15) is 4.79 Å². The van der Waals surface area contributed by atoms with Gasteiger partial charge in [-0.1, -0.05) is 6.92 Å². The number of nitrogens with one attached hydrogen (secondary N) is 1. The third-order valence-corrected chi connectivity index (χ3v) is 1.99. The summed E-state index contributed by atoms with van der Waals surface area (Å²) in [5.41, 5.74) is 6.58. The van der Waals surface area contributed by atoms with Crippen molar-refractivity contribution in [1.82, 2.24) is 10.3 Å². The van der Waals surface area contributed by atoms with Gasteiger partial charge in [0, 0.05) is 18.9 Å². The van der Waals surface area contributed by atoms with Crippen LogP contribution in [0.2, 0.25) is 0 Å². The Bertz CT molecular complexity index is 287. The number of nitrogens with two attached hydrogens (primary N) is 1. The van der Waals surface area contributed by atoms with Gasteiger partial charge in [0.15, 0.2) is 0 Å². The van der Waals surface area contributed by atoms with Gasteiger partial charge in [0.25, 0.3) is 0 Å². The maximum atomic E-state index is 11.3. The van der Waals surface area contributed by atoms with Crippen molar-refractivity contribution in [2.45, 2.75) is 25.9 Å². The summed E-state index contributed by atoms with van der Waals surface area (Å²) >= 11 is 0. The second-order valence-corrected chi connectivity index (χ2v) is 3.09. The monoisotopic (exact) mass is 193 g/mol. The van der Waals surface area contributed by atoms with Gasteiger partial charge in [-0.25, -0.2) is 0 Å². The molecule has 1 heterocycles. The van der Waals surface area contributed by atoms with Crippen LogP contribution in [0.25, 0.3) is 0 Å². The molecule has 0 aromatic carbocycles. The summed E-state index contributed by atoms with van der Waals surface area (Å²) in [4.78, 5) is 15.2. The molecule has 1 aromatic heterocycles. The number of nitrogens with zero attached hydrogens (tertiary/aromatic N) is 1. The van der Waals surface area contributed by atoms with Crippen molar-refractivity contribution in [2.24, 2.45) is 5.73 Å². The number of amides is 1. The molecule has 4 heteroatoms. The van der Waals surface area contributed by atoms with Crippen LogP contribution < -0.4 is 11.1 Å². The molecule has 0 spiro atoms. The molecule has 14 heavy (non-hydrogen) atoms. The number of aromatic nitrogens is 1. The zero-order valence-corrected chi connectivity index (χ0v) is 8.23. The lowest BCUT2D eigenvalue weighted by Gasteiger charge is -2.09. The molecule has 1 aromatic rings. The lowest BCUT2D eigenvalue weighted by Crippen LogP contribution is -2.39. The SMILES string of the molecule is CC[C@@H](N)C(=O)NCc1ccncc1. The fraction of sp³-hybridized carbons (Fsp3) is 0.400. The van der Waals surface area contributed by atoms with Crippen LogP contribution in [0.3, 0.4) is 0 Å². The average molecular weight is 193 g/mol. The van der Waals surface area contributed by atoms with Crippen LogP contribution in [-0.2, 0) is 11.3 Å². The fourth-order valence-electron chi connectivity index (χ4n) is 1.01. The molecule has 0 radical (unpaired) electrons. The Morgan fingerprint density at radius 1 is 1.57 bits per heavy atom. The first-order valence-corrected chi connectivity index (χ1v) is 4.66. The van der Waals surface area contributed by atoms with E-state index in [1.807, 2.05) is 19.1 Å². The summed E-state index contributed by atoms with van der Waals surface area (Å²) in [6, 6.07) is 3.31. The Morgan fingerprint density at radius 2 is 2.21 bits per heavy atom. The van der Waals surface area contributed by atoms with Crippen LogP contribution in [0.15, 0.2) is 24.5 Å². The van der Waals surface area contributed by atoms with Gasteiger partial charge in [-0.05, 0) is 24.1 Å². The van der Waals surface area contributed by atoms with Crippen molar-refractivity contribution >= 4 is 5.91 Å². The second-order valence-electron chi connectivity index (χ2n) is 3.09. The van der Waals surface area contributed by atoms with Gasteiger partial charge in [0.1, 0.15) is 0 Å². The quantitative estimate of drug-likeness (QED) is 0.729. The highest BCUT2D eigenvalue weighted by atomic mass is 16.2. The van der Waals surface area contributed by atoms with E-state index in [4.69, 9.17) is 5.73 Å². The molecule has 0 aliphatic heterocycles. The third kappa shape index (κ3) is 3.14. The first kappa shape index (κ1) is 10.7. The molecule has 0 fully saturated rings. The summed E-state index contributed by atoms with van der Waals surface area (Å²) in [6.07, 6.45) is 4.05. The normalized spacial score (nSPS) is 12.1. The van der Waals surface area contributed by atoms with Crippen LogP contribution in [0.4, 0.5) is 0 Å². The number of carbonyl (C=O) groups is 1. The molecule has 4 nitrogen and oxygen atoms in total. The highest BCUT2D eigenvalue weighted by molar-refractivity contribution is 5.81. The Labute approximate surface area is 83.5 Å². The maximum Gasteiger partial charge on any atom is 0.237 e. The van der Waals surface area contributed by atoms with Crippen molar-refractivity contribution in [1.29, 1.82) is 0 Å². The van der Waals surface area contributed by atoms with Gasteiger partial charge >= 0.3 is 0 Å². The van der Waals surface area contributed by atoms with E-state index in [0.717, 1.165) is 5.56 Å². The largest absolute Gasteiger partial charge is 0.351 e. The van der Waals surface area contributed by atoms with Gasteiger partial charge in [0.2, 0.25) is 5.91 Å². The number of pyridine rings is 1. The molecule has 0 saturated carbocycles. The molecular formula is C10H15N3O. The van der Waals surface area contributed by atoms with Crippen molar-refractivity contribution in [3.05, 3.63) is 30.1 Å². The number of hydrogen-bond donors (Lipinski definition) is 2. The Morgan fingerprint density at radius 3 is 2.79 bits per heavy atom. The topological polar surface area (TPSA) is 68.0 Å². The third-order valence-electron chi connectivity index (χ3n) is 1.99. The van der Waals surface area contributed by atoms with E-state index in [2.05, 4.69) is 10.3 Å². The minimum atomic E-state index is -0.406. The van der Waals surface area contributed by atoms with E-state index < -0.39 is 6.04 Å². The van der Waals surface area contributed by atoms with Crippen LogP contribution in [-0.4, -0.2) is 16.9 Å². The lowest BCUT2D eigenvalue weighted by atomic mass is 10.2. The van der Waals surface area contributed by atoms with E-state index in [1.54, 1.807) is 12.4 Å². The van der Waals surface area contributed by atoms with Gasteiger partial charge in [-0.3, -0.25) is 9.78 Å². The van der Waals surface area contributed by atoms with Gasteiger partial charge in [-0.2, -0.15) is 0 Å². The Balaban J connectivity index is 2.38. The summed E-state index contributed by atoms with van der Waals surface area (Å²) in [5, 5.41) is 2.76.